The van der Waals surface area contributed by atoms with Crippen LogP contribution in [0.3, 0.4) is 0 Å². The molecule has 0 saturated carbocycles. The number of hydrogen-bond donors (Lipinski definition) is 1. The van der Waals surface area contributed by atoms with Gasteiger partial charge in [0.2, 0.25) is 5.91 Å². The Balaban J connectivity index is 1.55. The van der Waals surface area contributed by atoms with Crippen LogP contribution in [0.4, 0.5) is 5.69 Å². The molecular formula is C22H28N2O3S. The van der Waals surface area contributed by atoms with Gasteiger partial charge in [0, 0.05) is 29.7 Å². The van der Waals surface area contributed by atoms with E-state index in [9.17, 15) is 4.79 Å². The summed E-state index contributed by atoms with van der Waals surface area (Å²) in [6.45, 7) is 6.77. The van der Waals surface area contributed by atoms with Gasteiger partial charge < -0.3 is 20.1 Å². The second-order valence-electron chi connectivity index (χ2n) is 6.79. The Bertz CT molecular complexity index is 782. The standard InChI is InChI=1S/C22H28N2O3S/c1-3-26-21(22(23)25)16(2)17-8-10-18(11-9-17)27-14-12-24-13-15-28-20-7-5-4-6-19(20)24/h4-11,16,21H,3,12-15H2,1-2H3,(H2,23,25). The Morgan fingerprint density at radius 1 is 1.21 bits per heavy atom. The van der Waals surface area contributed by atoms with E-state index in [1.807, 2.05) is 49.9 Å². The van der Waals surface area contributed by atoms with Crippen molar-refractivity contribution < 1.29 is 14.3 Å². The molecule has 0 radical (unpaired) electrons. The second kappa shape index (κ2) is 9.85. The molecule has 5 nitrogen and oxygen atoms in total. The SMILES string of the molecule is CCOC(C(N)=O)C(C)c1ccc(OCCN2CCSc3ccccc32)cc1. The summed E-state index contributed by atoms with van der Waals surface area (Å²) in [6.07, 6.45) is -0.617. The zero-order valence-corrected chi connectivity index (χ0v) is 17.3. The van der Waals surface area contributed by atoms with E-state index in [4.69, 9.17) is 15.2 Å². The van der Waals surface area contributed by atoms with Crippen molar-refractivity contribution in [2.75, 3.05) is 37.0 Å². The summed E-state index contributed by atoms with van der Waals surface area (Å²) in [5.41, 5.74) is 7.76. The number of nitrogens with two attached hydrogens (primary N) is 1. The molecule has 0 aromatic heterocycles. The lowest BCUT2D eigenvalue weighted by Crippen LogP contribution is -2.35. The van der Waals surface area contributed by atoms with E-state index < -0.39 is 12.0 Å². The van der Waals surface area contributed by atoms with Gasteiger partial charge in [0.05, 0.1) is 12.2 Å². The fraction of sp³-hybridized carbons (Fsp3) is 0.409. The second-order valence-corrected chi connectivity index (χ2v) is 7.92. The molecule has 1 heterocycles. The Hall–Kier alpha value is -2.18. The van der Waals surface area contributed by atoms with Crippen molar-refractivity contribution in [3.05, 3.63) is 54.1 Å². The lowest BCUT2D eigenvalue weighted by atomic mass is 9.95. The number of rotatable bonds is 9. The van der Waals surface area contributed by atoms with Gasteiger partial charge in [0.15, 0.2) is 0 Å². The summed E-state index contributed by atoms with van der Waals surface area (Å²) in [5.74, 6) is 1.39. The van der Waals surface area contributed by atoms with Crippen molar-refractivity contribution in [2.45, 2.75) is 30.8 Å². The highest BCUT2D eigenvalue weighted by molar-refractivity contribution is 7.99. The third kappa shape index (κ3) is 5.00. The van der Waals surface area contributed by atoms with Gasteiger partial charge in [-0.25, -0.2) is 0 Å². The van der Waals surface area contributed by atoms with Crippen LogP contribution in [0.5, 0.6) is 5.75 Å². The van der Waals surface area contributed by atoms with E-state index in [1.54, 1.807) is 0 Å². The first-order chi connectivity index (χ1) is 13.6. The van der Waals surface area contributed by atoms with Gasteiger partial charge in [-0.1, -0.05) is 31.2 Å². The number of primary amides is 1. The highest BCUT2D eigenvalue weighted by atomic mass is 32.2. The number of para-hydroxylation sites is 1. The number of thioether (sulfide) groups is 1. The van der Waals surface area contributed by atoms with Gasteiger partial charge in [-0.3, -0.25) is 4.79 Å². The van der Waals surface area contributed by atoms with Crippen LogP contribution in [-0.2, 0) is 9.53 Å². The van der Waals surface area contributed by atoms with Crippen molar-refractivity contribution in [1.29, 1.82) is 0 Å². The molecule has 6 heteroatoms. The molecule has 2 N–H and O–H groups in total. The average molecular weight is 401 g/mol. The minimum atomic E-state index is -0.617. The summed E-state index contributed by atoms with van der Waals surface area (Å²) < 4.78 is 11.4. The smallest absolute Gasteiger partial charge is 0.247 e. The van der Waals surface area contributed by atoms with Gasteiger partial charge in [0.25, 0.3) is 0 Å². The van der Waals surface area contributed by atoms with Gasteiger partial charge in [-0.2, -0.15) is 0 Å². The highest BCUT2D eigenvalue weighted by Gasteiger charge is 2.24. The van der Waals surface area contributed by atoms with Gasteiger partial charge in [0.1, 0.15) is 18.5 Å². The van der Waals surface area contributed by atoms with Crippen molar-refractivity contribution in [3.8, 4) is 5.75 Å². The van der Waals surface area contributed by atoms with Crippen LogP contribution in [0.2, 0.25) is 0 Å². The Labute approximate surface area is 171 Å². The Kier molecular flexibility index (Phi) is 7.23. The summed E-state index contributed by atoms with van der Waals surface area (Å²) in [7, 11) is 0. The summed E-state index contributed by atoms with van der Waals surface area (Å²) >= 11 is 1.91. The first-order valence-electron chi connectivity index (χ1n) is 9.70. The van der Waals surface area contributed by atoms with E-state index in [1.165, 1.54) is 10.6 Å². The molecule has 3 rings (SSSR count). The number of ether oxygens (including phenoxy) is 2. The quantitative estimate of drug-likeness (QED) is 0.696. The maximum atomic E-state index is 11.6. The largest absolute Gasteiger partial charge is 0.492 e. The zero-order chi connectivity index (χ0) is 19.9. The maximum absolute atomic E-state index is 11.6. The number of benzene rings is 2. The molecule has 1 amide bonds. The van der Waals surface area contributed by atoms with Gasteiger partial charge in [-0.15, -0.1) is 11.8 Å². The number of fused-ring (bicyclic) bond motifs is 1. The molecule has 0 aliphatic carbocycles. The lowest BCUT2D eigenvalue weighted by molar-refractivity contribution is -0.130. The topological polar surface area (TPSA) is 64.8 Å². The van der Waals surface area contributed by atoms with E-state index in [-0.39, 0.29) is 5.92 Å². The molecule has 2 atom stereocenters. The molecule has 150 valence electrons. The van der Waals surface area contributed by atoms with E-state index in [2.05, 4.69) is 29.2 Å². The van der Waals surface area contributed by atoms with E-state index >= 15 is 0 Å². The van der Waals surface area contributed by atoms with Crippen LogP contribution in [0.1, 0.15) is 25.3 Å². The number of hydrogen-bond acceptors (Lipinski definition) is 5. The number of carbonyl (C=O) groups is 1. The molecule has 2 unspecified atom stereocenters. The van der Waals surface area contributed by atoms with Crippen molar-refractivity contribution in [3.63, 3.8) is 0 Å². The molecule has 0 fully saturated rings. The molecule has 1 aliphatic rings. The monoisotopic (exact) mass is 400 g/mol. The Morgan fingerprint density at radius 2 is 1.96 bits per heavy atom. The normalized spacial score (nSPS) is 15.6. The molecular weight excluding hydrogens is 372 g/mol. The predicted molar refractivity (Wildman–Crippen MR) is 114 cm³/mol. The van der Waals surface area contributed by atoms with Gasteiger partial charge >= 0.3 is 0 Å². The third-order valence-corrected chi connectivity index (χ3v) is 5.98. The predicted octanol–water partition coefficient (Wildman–Crippen LogP) is 3.67. The summed E-state index contributed by atoms with van der Waals surface area (Å²) in [5, 5.41) is 0. The number of nitrogens with zero attached hydrogens (tertiary/aromatic N) is 1. The molecule has 0 saturated heterocycles. The number of carbonyl (C=O) groups excluding carboxylic acids is 1. The first kappa shape index (κ1) is 20.6. The molecule has 2 aromatic rings. The molecule has 1 aliphatic heterocycles. The number of anilines is 1. The highest BCUT2D eigenvalue weighted by Crippen LogP contribution is 2.34. The fourth-order valence-corrected chi connectivity index (χ4v) is 4.48. The zero-order valence-electron chi connectivity index (χ0n) is 16.5. The van der Waals surface area contributed by atoms with Crippen LogP contribution in [0, 0.1) is 0 Å². The molecule has 28 heavy (non-hydrogen) atoms. The fourth-order valence-electron chi connectivity index (χ4n) is 3.43. The van der Waals surface area contributed by atoms with Crippen LogP contribution in [-0.4, -0.2) is 44.1 Å². The van der Waals surface area contributed by atoms with E-state index in [0.29, 0.717) is 13.2 Å². The van der Waals surface area contributed by atoms with Gasteiger partial charge in [-0.05, 0) is 36.8 Å². The minimum Gasteiger partial charge on any atom is -0.492 e. The Morgan fingerprint density at radius 3 is 2.68 bits per heavy atom. The van der Waals surface area contributed by atoms with Crippen molar-refractivity contribution in [2.24, 2.45) is 5.73 Å². The van der Waals surface area contributed by atoms with E-state index in [0.717, 1.165) is 30.2 Å². The lowest BCUT2D eigenvalue weighted by Gasteiger charge is -2.30. The van der Waals surface area contributed by atoms with Crippen LogP contribution < -0.4 is 15.4 Å². The first-order valence-corrected chi connectivity index (χ1v) is 10.7. The number of amides is 1. The molecule has 2 aromatic carbocycles. The van der Waals surface area contributed by atoms with Crippen molar-refractivity contribution in [1.82, 2.24) is 0 Å². The van der Waals surface area contributed by atoms with Crippen LogP contribution >= 0.6 is 11.8 Å². The maximum Gasteiger partial charge on any atom is 0.247 e. The molecule has 0 bridgehead atoms. The summed E-state index contributed by atoms with van der Waals surface area (Å²) in [4.78, 5) is 15.3. The van der Waals surface area contributed by atoms with Crippen molar-refractivity contribution >= 4 is 23.4 Å². The summed E-state index contributed by atoms with van der Waals surface area (Å²) in [6, 6.07) is 16.3. The van der Waals surface area contributed by atoms with Crippen LogP contribution in [0.25, 0.3) is 0 Å². The average Bonchev–Trinajstić information content (AvgIpc) is 2.72. The van der Waals surface area contributed by atoms with Crippen LogP contribution in [0.15, 0.2) is 53.4 Å². The minimum absolute atomic E-state index is 0.103. The third-order valence-electron chi connectivity index (χ3n) is 4.94. The molecule has 0 spiro atoms.